The summed E-state index contributed by atoms with van der Waals surface area (Å²) in [4.78, 5) is 26.6. The molecule has 2 rings (SSSR count). The third kappa shape index (κ3) is 4.85. The van der Waals surface area contributed by atoms with E-state index >= 15 is 0 Å². The summed E-state index contributed by atoms with van der Waals surface area (Å²) in [6, 6.07) is 2.00. The molecule has 25 heavy (non-hydrogen) atoms. The van der Waals surface area contributed by atoms with Crippen molar-refractivity contribution < 1.29 is 24.5 Å². The maximum Gasteiger partial charge on any atom is 0.307 e. The van der Waals surface area contributed by atoms with Gasteiger partial charge >= 0.3 is 11.9 Å². The van der Waals surface area contributed by atoms with Crippen LogP contribution in [0.25, 0.3) is 10.2 Å². The highest BCUT2D eigenvalue weighted by atomic mass is 32.2. The molecule has 2 N–H and O–H groups in total. The number of ether oxygens (including phenoxy) is 1. The fourth-order valence-corrected chi connectivity index (χ4v) is 4.54. The predicted molar refractivity (Wildman–Crippen MR) is 99.0 cm³/mol. The van der Waals surface area contributed by atoms with Crippen molar-refractivity contribution in [1.29, 1.82) is 0 Å². The Hall–Kier alpha value is -1.80. The SMILES string of the molecule is CCCOc1cc(C)c(C)c2nc(SCC(CC(=O)O)C(=O)O)sc12. The number of aromatic nitrogens is 1. The van der Waals surface area contributed by atoms with Gasteiger partial charge in [-0.25, -0.2) is 4.98 Å². The minimum atomic E-state index is -1.11. The van der Waals surface area contributed by atoms with Crippen LogP contribution in [0.3, 0.4) is 0 Å². The molecule has 1 heterocycles. The van der Waals surface area contributed by atoms with Crippen LogP contribution in [0.2, 0.25) is 0 Å². The van der Waals surface area contributed by atoms with Gasteiger partial charge in [0.15, 0.2) is 4.34 Å². The van der Waals surface area contributed by atoms with Crippen molar-refractivity contribution in [2.45, 2.75) is 38.0 Å². The Morgan fingerprint density at radius 1 is 1.36 bits per heavy atom. The van der Waals surface area contributed by atoms with E-state index in [1.54, 1.807) is 0 Å². The van der Waals surface area contributed by atoms with Gasteiger partial charge in [0, 0.05) is 5.75 Å². The number of aliphatic carboxylic acids is 2. The zero-order valence-corrected chi connectivity index (χ0v) is 16.0. The number of carbonyl (C=O) groups is 2. The summed E-state index contributed by atoms with van der Waals surface area (Å²) < 4.78 is 7.50. The molecule has 0 bridgehead atoms. The standard InChI is InChI=1S/C17H21NO5S2/c1-4-5-23-12-6-9(2)10(3)14-15(12)25-17(18-14)24-8-11(16(21)22)7-13(19)20/h6,11H,4-5,7-8H2,1-3H3,(H,19,20)(H,21,22). The van der Waals surface area contributed by atoms with Crippen molar-refractivity contribution in [3.63, 3.8) is 0 Å². The number of carboxylic acid groups (broad SMARTS) is 2. The fraction of sp³-hybridized carbons (Fsp3) is 0.471. The number of carboxylic acids is 2. The molecule has 0 aliphatic carbocycles. The molecule has 0 aliphatic rings. The van der Waals surface area contributed by atoms with Crippen molar-refractivity contribution in [2.75, 3.05) is 12.4 Å². The summed E-state index contributed by atoms with van der Waals surface area (Å²) in [7, 11) is 0. The van der Waals surface area contributed by atoms with Crippen molar-refractivity contribution in [1.82, 2.24) is 4.98 Å². The number of rotatable bonds is 9. The van der Waals surface area contributed by atoms with Crippen LogP contribution in [-0.4, -0.2) is 39.5 Å². The van der Waals surface area contributed by atoms with Crippen LogP contribution in [0.5, 0.6) is 5.75 Å². The summed E-state index contributed by atoms with van der Waals surface area (Å²) in [5.74, 6) is -2.18. The lowest BCUT2D eigenvalue weighted by Crippen LogP contribution is -2.19. The number of hydrogen-bond acceptors (Lipinski definition) is 6. The molecule has 0 saturated carbocycles. The van der Waals surface area contributed by atoms with Gasteiger partial charge in [0.05, 0.1) is 29.2 Å². The van der Waals surface area contributed by atoms with Crippen LogP contribution in [0.1, 0.15) is 30.9 Å². The van der Waals surface area contributed by atoms with Crippen molar-refractivity contribution in [2.24, 2.45) is 5.92 Å². The predicted octanol–water partition coefficient (Wildman–Crippen LogP) is 3.97. The van der Waals surface area contributed by atoms with Crippen molar-refractivity contribution in [3.05, 3.63) is 17.2 Å². The van der Waals surface area contributed by atoms with Gasteiger partial charge < -0.3 is 14.9 Å². The Morgan fingerprint density at radius 2 is 2.08 bits per heavy atom. The summed E-state index contributed by atoms with van der Waals surface area (Å²) in [6.07, 6.45) is 0.514. The first-order chi connectivity index (χ1) is 11.8. The van der Waals surface area contributed by atoms with Gasteiger partial charge in [0.25, 0.3) is 0 Å². The topological polar surface area (TPSA) is 96.7 Å². The second-order valence-electron chi connectivity index (χ2n) is 5.77. The van der Waals surface area contributed by atoms with E-state index in [0.29, 0.717) is 6.61 Å². The van der Waals surface area contributed by atoms with E-state index in [9.17, 15) is 9.59 Å². The first-order valence-electron chi connectivity index (χ1n) is 7.94. The van der Waals surface area contributed by atoms with Crippen molar-refractivity contribution >= 4 is 45.3 Å². The molecule has 0 saturated heterocycles. The maximum atomic E-state index is 11.2. The van der Waals surface area contributed by atoms with E-state index in [-0.39, 0.29) is 5.75 Å². The van der Waals surface area contributed by atoms with Crippen LogP contribution in [0.4, 0.5) is 0 Å². The Kier molecular flexibility index (Phi) is 6.66. The molecule has 0 spiro atoms. The molecule has 1 atom stereocenters. The third-order valence-corrected chi connectivity index (χ3v) is 6.14. The van der Waals surface area contributed by atoms with Crippen LogP contribution in [0, 0.1) is 19.8 Å². The second kappa shape index (κ2) is 8.53. The lowest BCUT2D eigenvalue weighted by molar-refractivity contribution is -0.147. The highest BCUT2D eigenvalue weighted by Crippen LogP contribution is 2.39. The van der Waals surface area contributed by atoms with Crippen LogP contribution < -0.4 is 4.74 Å². The molecule has 0 aliphatic heterocycles. The van der Waals surface area contributed by atoms with Gasteiger partial charge in [0.2, 0.25) is 0 Å². The molecule has 6 nitrogen and oxygen atoms in total. The van der Waals surface area contributed by atoms with Crippen LogP contribution in [-0.2, 0) is 9.59 Å². The minimum absolute atomic E-state index is 0.171. The van der Waals surface area contributed by atoms with Gasteiger partial charge in [-0.15, -0.1) is 11.3 Å². The smallest absolute Gasteiger partial charge is 0.307 e. The largest absolute Gasteiger partial charge is 0.492 e. The number of aryl methyl sites for hydroxylation is 2. The molecule has 136 valence electrons. The van der Waals surface area contributed by atoms with E-state index in [0.717, 1.165) is 37.9 Å². The Morgan fingerprint density at radius 3 is 2.68 bits per heavy atom. The van der Waals surface area contributed by atoms with Gasteiger partial charge in [-0.2, -0.15) is 0 Å². The average Bonchev–Trinajstić information content (AvgIpc) is 2.97. The highest BCUT2D eigenvalue weighted by molar-refractivity contribution is 8.01. The van der Waals surface area contributed by atoms with E-state index in [4.69, 9.17) is 14.9 Å². The summed E-state index contributed by atoms with van der Waals surface area (Å²) in [5, 5.41) is 18.0. The molecular formula is C17H21NO5S2. The minimum Gasteiger partial charge on any atom is -0.492 e. The normalized spacial score (nSPS) is 12.3. The van der Waals surface area contributed by atoms with Crippen LogP contribution >= 0.6 is 23.1 Å². The number of hydrogen-bond donors (Lipinski definition) is 2. The zero-order chi connectivity index (χ0) is 18.6. The molecule has 0 radical (unpaired) electrons. The fourth-order valence-electron chi connectivity index (χ4n) is 2.26. The van der Waals surface area contributed by atoms with E-state index in [1.807, 2.05) is 26.8 Å². The monoisotopic (exact) mass is 383 g/mol. The molecule has 0 fully saturated rings. The molecule has 0 amide bonds. The van der Waals surface area contributed by atoms with Gasteiger partial charge in [-0.1, -0.05) is 18.7 Å². The first-order valence-corrected chi connectivity index (χ1v) is 9.74. The number of thiazole rings is 1. The van der Waals surface area contributed by atoms with Gasteiger partial charge in [-0.05, 0) is 37.5 Å². The van der Waals surface area contributed by atoms with Crippen molar-refractivity contribution in [3.8, 4) is 5.75 Å². The van der Waals surface area contributed by atoms with E-state index in [1.165, 1.54) is 23.1 Å². The average molecular weight is 383 g/mol. The van der Waals surface area contributed by atoms with Gasteiger partial charge in [0.1, 0.15) is 5.75 Å². The lowest BCUT2D eigenvalue weighted by Gasteiger charge is -2.08. The summed E-state index contributed by atoms with van der Waals surface area (Å²) >= 11 is 2.74. The molecule has 1 unspecified atom stereocenters. The molecular weight excluding hydrogens is 362 g/mol. The van der Waals surface area contributed by atoms with E-state index < -0.39 is 24.3 Å². The Bertz CT molecular complexity index is 787. The van der Waals surface area contributed by atoms with Gasteiger partial charge in [-0.3, -0.25) is 9.59 Å². The molecule has 1 aromatic carbocycles. The maximum absolute atomic E-state index is 11.2. The Labute approximate surface area is 154 Å². The third-order valence-electron chi connectivity index (χ3n) is 3.77. The summed E-state index contributed by atoms with van der Waals surface area (Å²) in [5.41, 5.74) is 3.03. The van der Waals surface area contributed by atoms with Crippen LogP contribution in [0.15, 0.2) is 10.4 Å². The Balaban J connectivity index is 2.26. The number of nitrogens with zero attached hydrogens (tertiary/aromatic N) is 1. The number of thioether (sulfide) groups is 1. The summed E-state index contributed by atoms with van der Waals surface area (Å²) in [6.45, 7) is 6.67. The number of benzene rings is 1. The highest BCUT2D eigenvalue weighted by Gasteiger charge is 2.22. The zero-order valence-electron chi connectivity index (χ0n) is 14.4. The number of fused-ring (bicyclic) bond motifs is 1. The lowest BCUT2D eigenvalue weighted by atomic mass is 10.1. The molecule has 1 aromatic heterocycles. The second-order valence-corrected chi connectivity index (χ2v) is 8.03. The quantitative estimate of drug-likeness (QED) is 0.632. The first kappa shape index (κ1) is 19.5. The molecule has 2 aromatic rings. The van der Waals surface area contributed by atoms with E-state index in [2.05, 4.69) is 4.98 Å². The molecule has 8 heteroatoms.